The Hall–Kier alpha value is -0.570. The first-order valence-corrected chi connectivity index (χ1v) is 3.79. The molecule has 0 amide bonds. The highest BCUT2D eigenvalue weighted by molar-refractivity contribution is 5.66. The number of rotatable bonds is 3. The van der Waals surface area contributed by atoms with Crippen molar-refractivity contribution in [2.45, 2.75) is 20.0 Å². The van der Waals surface area contributed by atoms with Crippen molar-refractivity contribution in [3.05, 3.63) is 0 Å². The number of quaternary nitrogens is 1. The van der Waals surface area contributed by atoms with Crippen molar-refractivity contribution in [3.8, 4) is 0 Å². The summed E-state index contributed by atoms with van der Waals surface area (Å²) in [5.74, 6) is -0.203. The number of likely N-dealkylation sites (N-methyl/N-ethyl adjacent to an activating group) is 1. The summed E-state index contributed by atoms with van der Waals surface area (Å²) in [7, 11) is 6.21. The maximum absolute atomic E-state index is 10.5. The Morgan fingerprint density at radius 2 is 1.91 bits per heavy atom. The topological polar surface area (TPSA) is 26.3 Å². The summed E-state index contributed by atoms with van der Waals surface area (Å²) in [6, 6.07) is 0. The highest BCUT2D eigenvalue weighted by Crippen LogP contribution is 1.98. The lowest BCUT2D eigenvalue weighted by Gasteiger charge is -2.26. The van der Waals surface area contributed by atoms with Crippen molar-refractivity contribution >= 4 is 5.97 Å². The van der Waals surface area contributed by atoms with Gasteiger partial charge in [-0.25, -0.2) is 0 Å². The van der Waals surface area contributed by atoms with Gasteiger partial charge in [-0.3, -0.25) is 4.79 Å². The normalized spacial score (nSPS) is 14.3. The summed E-state index contributed by atoms with van der Waals surface area (Å²) in [6.07, 6.45) is 0.00694. The molecule has 0 heterocycles. The van der Waals surface area contributed by atoms with Crippen LogP contribution in [0.25, 0.3) is 0 Å². The van der Waals surface area contributed by atoms with E-state index in [-0.39, 0.29) is 12.1 Å². The summed E-state index contributed by atoms with van der Waals surface area (Å²) in [4.78, 5) is 10.5. The monoisotopic (exact) mass is 160 g/mol. The predicted octanol–water partition coefficient (Wildman–Crippen LogP) is 0.644. The Labute approximate surface area is 68.5 Å². The van der Waals surface area contributed by atoms with Crippen molar-refractivity contribution in [1.82, 2.24) is 0 Å². The number of carbonyl (C=O) groups is 1. The van der Waals surface area contributed by atoms with Crippen LogP contribution in [0.5, 0.6) is 0 Å². The lowest BCUT2D eigenvalue weighted by Crippen LogP contribution is -2.41. The molecule has 3 nitrogen and oxygen atoms in total. The molecule has 0 aliphatic rings. The Bertz CT molecular complexity index is 138. The van der Waals surface area contributed by atoms with Gasteiger partial charge in [-0.05, 0) is 6.92 Å². The van der Waals surface area contributed by atoms with Gasteiger partial charge in [-0.2, -0.15) is 0 Å². The number of hydrogen-bond donors (Lipinski definition) is 0. The molecular weight excluding hydrogens is 142 g/mol. The first-order valence-electron chi connectivity index (χ1n) is 3.79. The maximum atomic E-state index is 10.5. The molecule has 0 saturated carbocycles. The molecule has 0 bridgehead atoms. The Kier molecular flexibility index (Phi) is 3.52. The van der Waals surface area contributed by atoms with Crippen molar-refractivity contribution in [2.75, 3.05) is 27.7 Å². The third kappa shape index (κ3) is 7.33. The number of nitrogens with zero attached hydrogens (tertiary/aromatic N) is 1. The Morgan fingerprint density at radius 3 is 2.18 bits per heavy atom. The van der Waals surface area contributed by atoms with E-state index in [0.717, 1.165) is 11.0 Å². The zero-order valence-electron chi connectivity index (χ0n) is 8.05. The summed E-state index contributed by atoms with van der Waals surface area (Å²) in [6.45, 7) is 4.19. The van der Waals surface area contributed by atoms with Crippen molar-refractivity contribution in [2.24, 2.45) is 0 Å². The summed E-state index contributed by atoms with van der Waals surface area (Å²) in [5, 5.41) is 0. The second-order valence-electron chi connectivity index (χ2n) is 3.89. The molecule has 0 rings (SSSR count). The first kappa shape index (κ1) is 10.4. The SMILES string of the molecule is CC(=O)O[C@@H](C)C[N+](C)(C)C. The van der Waals surface area contributed by atoms with Gasteiger partial charge in [0, 0.05) is 6.92 Å². The quantitative estimate of drug-likeness (QED) is 0.447. The van der Waals surface area contributed by atoms with E-state index in [2.05, 4.69) is 21.1 Å². The van der Waals surface area contributed by atoms with Crippen LogP contribution < -0.4 is 0 Å². The van der Waals surface area contributed by atoms with E-state index < -0.39 is 0 Å². The number of carbonyl (C=O) groups excluding carboxylic acids is 1. The number of hydrogen-bond acceptors (Lipinski definition) is 2. The molecule has 3 heteroatoms. The predicted molar refractivity (Wildman–Crippen MR) is 44.1 cm³/mol. The van der Waals surface area contributed by atoms with Crippen LogP contribution >= 0.6 is 0 Å². The van der Waals surface area contributed by atoms with E-state index >= 15 is 0 Å². The van der Waals surface area contributed by atoms with Gasteiger partial charge in [0.25, 0.3) is 0 Å². The second-order valence-corrected chi connectivity index (χ2v) is 3.89. The van der Waals surface area contributed by atoms with Crippen LogP contribution in [0.2, 0.25) is 0 Å². The minimum absolute atomic E-state index is 0.00694. The van der Waals surface area contributed by atoms with Crippen LogP contribution in [-0.4, -0.2) is 44.2 Å². The molecular formula is C8H18NO2+. The molecule has 0 radical (unpaired) electrons. The van der Waals surface area contributed by atoms with Gasteiger partial charge in [-0.1, -0.05) is 0 Å². The zero-order chi connectivity index (χ0) is 9.07. The molecule has 0 aliphatic heterocycles. The van der Waals surface area contributed by atoms with Crippen LogP contribution in [0, 0.1) is 0 Å². The van der Waals surface area contributed by atoms with Crippen molar-refractivity contribution < 1.29 is 14.0 Å². The van der Waals surface area contributed by atoms with E-state index in [1.54, 1.807) is 0 Å². The molecule has 0 saturated heterocycles. The third-order valence-electron chi connectivity index (χ3n) is 1.17. The van der Waals surface area contributed by atoms with Gasteiger partial charge in [-0.15, -0.1) is 0 Å². The second kappa shape index (κ2) is 3.72. The summed E-state index contributed by atoms with van der Waals surface area (Å²) in [5.41, 5.74) is 0. The molecule has 66 valence electrons. The maximum Gasteiger partial charge on any atom is 0.303 e. The molecule has 0 fully saturated rings. The van der Waals surface area contributed by atoms with E-state index in [9.17, 15) is 4.79 Å². The molecule has 0 aromatic heterocycles. The molecule has 0 aromatic rings. The zero-order valence-corrected chi connectivity index (χ0v) is 8.05. The number of esters is 1. The highest BCUT2D eigenvalue weighted by atomic mass is 16.5. The van der Waals surface area contributed by atoms with Gasteiger partial charge in [0.05, 0.1) is 21.1 Å². The number of ether oxygens (including phenoxy) is 1. The highest BCUT2D eigenvalue weighted by Gasteiger charge is 2.15. The van der Waals surface area contributed by atoms with Gasteiger partial charge in [0.15, 0.2) is 0 Å². The Balaban J connectivity index is 3.69. The van der Waals surface area contributed by atoms with Crippen LogP contribution in [0.3, 0.4) is 0 Å². The molecule has 0 aromatic carbocycles. The molecule has 11 heavy (non-hydrogen) atoms. The van der Waals surface area contributed by atoms with E-state index in [4.69, 9.17) is 4.74 Å². The minimum atomic E-state index is -0.203. The van der Waals surface area contributed by atoms with Crippen LogP contribution in [-0.2, 0) is 9.53 Å². The largest absolute Gasteiger partial charge is 0.457 e. The van der Waals surface area contributed by atoms with Crippen LogP contribution in [0.4, 0.5) is 0 Å². The van der Waals surface area contributed by atoms with E-state index in [1.165, 1.54) is 6.92 Å². The summed E-state index contributed by atoms with van der Waals surface area (Å²) >= 11 is 0. The molecule has 0 N–H and O–H groups in total. The fraction of sp³-hybridized carbons (Fsp3) is 0.875. The van der Waals surface area contributed by atoms with Gasteiger partial charge in [0.1, 0.15) is 12.6 Å². The molecule has 1 atom stereocenters. The van der Waals surface area contributed by atoms with Gasteiger partial charge >= 0.3 is 5.97 Å². The third-order valence-corrected chi connectivity index (χ3v) is 1.17. The molecule has 0 spiro atoms. The molecule has 0 aliphatic carbocycles. The average Bonchev–Trinajstić information content (AvgIpc) is 1.53. The van der Waals surface area contributed by atoms with Crippen molar-refractivity contribution in [3.63, 3.8) is 0 Å². The standard InChI is InChI=1S/C8H18NO2/c1-7(11-8(2)10)6-9(3,4)5/h7H,6H2,1-5H3/q+1/t7-/m0/s1. The summed E-state index contributed by atoms with van der Waals surface area (Å²) < 4.78 is 5.79. The lowest BCUT2D eigenvalue weighted by atomic mass is 10.3. The fourth-order valence-corrected chi connectivity index (χ4v) is 1.09. The van der Waals surface area contributed by atoms with Gasteiger partial charge in [0.2, 0.25) is 0 Å². The van der Waals surface area contributed by atoms with E-state index in [1.807, 2.05) is 6.92 Å². The van der Waals surface area contributed by atoms with Crippen LogP contribution in [0.1, 0.15) is 13.8 Å². The van der Waals surface area contributed by atoms with Gasteiger partial charge < -0.3 is 9.22 Å². The minimum Gasteiger partial charge on any atom is -0.457 e. The smallest absolute Gasteiger partial charge is 0.303 e. The fourth-order valence-electron chi connectivity index (χ4n) is 1.09. The molecule has 0 unspecified atom stereocenters. The van der Waals surface area contributed by atoms with Crippen LogP contribution in [0.15, 0.2) is 0 Å². The first-order chi connectivity index (χ1) is 4.81. The van der Waals surface area contributed by atoms with E-state index in [0.29, 0.717) is 0 Å². The Morgan fingerprint density at radius 1 is 1.45 bits per heavy atom. The average molecular weight is 160 g/mol. The van der Waals surface area contributed by atoms with Crippen molar-refractivity contribution in [1.29, 1.82) is 0 Å². The lowest BCUT2D eigenvalue weighted by molar-refractivity contribution is -0.873.